The van der Waals surface area contributed by atoms with Crippen molar-refractivity contribution in [2.24, 2.45) is 0 Å². The lowest BCUT2D eigenvalue weighted by Crippen LogP contribution is -2.30. The summed E-state index contributed by atoms with van der Waals surface area (Å²) in [6.45, 7) is 1.86. The van der Waals surface area contributed by atoms with Crippen LogP contribution in [0.3, 0.4) is 0 Å². The number of benzene rings is 2. The minimum atomic E-state index is -0.228. The Balaban J connectivity index is 1.99. The van der Waals surface area contributed by atoms with E-state index < -0.39 is 0 Å². The third-order valence-electron chi connectivity index (χ3n) is 2.97. The van der Waals surface area contributed by atoms with Crippen molar-refractivity contribution in [2.45, 2.75) is 6.92 Å². The Hall–Kier alpha value is -1.94. The molecule has 2 aromatic rings. The Morgan fingerprint density at radius 2 is 1.70 bits per heavy atom. The van der Waals surface area contributed by atoms with Gasteiger partial charge in [0.2, 0.25) is 0 Å². The fourth-order valence-corrected chi connectivity index (χ4v) is 2.09. The van der Waals surface area contributed by atoms with Crippen LogP contribution >= 0.6 is 15.9 Å². The molecule has 0 atom stereocenters. The van der Waals surface area contributed by atoms with E-state index >= 15 is 0 Å². The first kappa shape index (κ1) is 14.5. The molecule has 2 aromatic carbocycles. The molecule has 3 nitrogen and oxygen atoms in total. The molecule has 0 aliphatic heterocycles. The zero-order valence-electron chi connectivity index (χ0n) is 11.0. The van der Waals surface area contributed by atoms with Crippen LogP contribution in [0, 0.1) is 6.92 Å². The number of carbonyl (C=O) groups is 2. The topological polar surface area (TPSA) is 46.2 Å². The van der Waals surface area contributed by atoms with Crippen LogP contribution in [0.5, 0.6) is 0 Å². The van der Waals surface area contributed by atoms with Gasteiger partial charge >= 0.3 is 0 Å². The number of amides is 1. The van der Waals surface area contributed by atoms with E-state index in [0.29, 0.717) is 11.1 Å². The molecule has 4 heteroatoms. The van der Waals surface area contributed by atoms with Gasteiger partial charge in [-0.25, -0.2) is 0 Å². The highest BCUT2D eigenvalue weighted by molar-refractivity contribution is 9.10. The summed E-state index contributed by atoms with van der Waals surface area (Å²) in [7, 11) is 0. The Bertz CT molecular complexity index is 635. The number of ketones is 1. The maximum absolute atomic E-state index is 12.0. The van der Waals surface area contributed by atoms with Crippen LogP contribution in [0.2, 0.25) is 0 Å². The zero-order chi connectivity index (χ0) is 14.5. The van der Waals surface area contributed by atoms with Crippen molar-refractivity contribution in [2.75, 3.05) is 6.54 Å². The zero-order valence-corrected chi connectivity index (χ0v) is 12.6. The van der Waals surface area contributed by atoms with Gasteiger partial charge in [0, 0.05) is 15.6 Å². The third kappa shape index (κ3) is 3.54. The van der Waals surface area contributed by atoms with Gasteiger partial charge in [-0.1, -0.05) is 46.3 Å². The van der Waals surface area contributed by atoms with Crippen molar-refractivity contribution in [3.8, 4) is 0 Å². The molecule has 0 saturated heterocycles. The lowest BCUT2D eigenvalue weighted by Gasteiger charge is -2.07. The molecule has 1 N–H and O–H groups in total. The lowest BCUT2D eigenvalue weighted by molar-refractivity contribution is 0.0903. The van der Waals surface area contributed by atoms with E-state index in [-0.39, 0.29) is 18.2 Å². The van der Waals surface area contributed by atoms with Crippen LogP contribution in [0.15, 0.2) is 53.0 Å². The number of nitrogens with one attached hydrogen (secondary N) is 1. The van der Waals surface area contributed by atoms with E-state index in [9.17, 15) is 9.59 Å². The molecule has 0 aliphatic carbocycles. The summed E-state index contributed by atoms with van der Waals surface area (Å²) in [4.78, 5) is 23.9. The van der Waals surface area contributed by atoms with Gasteiger partial charge in [0.25, 0.3) is 5.91 Å². The molecule has 0 saturated carbocycles. The molecule has 0 spiro atoms. The number of aryl methyl sites for hydroxylation is 1. The van der Waals surface area contributed by atoms with E-state index in [1.54, 1.807) is 36.4 Å². The van der Waals surface area contributed by atoms with Gasteiger partial charge < -0.3 is 5.32 Å². The second kappa shape index (κ2) is 6.48. The minimum Gasteiger partial charge on any atom is -0.345 e. The Morgan fingerprint density at radius 3 is 2.35 bits per heavy atom. The first-order chi connectivity index (χ1) is 9.58. The highest BCUT2D eigenvalue weighted by Crippen LogP contribution is 2.11. The van der Waals surface area contributed by atoms with Crippen LogP contribution in [-0.2, 0) is 0 Å². The van der Waals surface area contributed by atoms with Crippen molar-refractivity contribution in [3.05, 3.63) is 69.7 Å². The largest absolute Gasteiger partial charge is 0.345 e. The summed E-state index contributed by atoms with van der Waals surface area (Å²) in [6, 6.07) is 14.4. The molecule has 0 fully saturated rings. The third-order valence-corrected chi connectivity index (χ3v) is 3.49. The van der Waals surface area contributed by atoms with Gasteiger partial charge in [-0.05, 0) is 30.7 Å². The second-order valence-electron chi connectivity index (χ2n) is 4.43. The van der Waals surface area contributed by atoms with Crippen LogP contribution in [0.4, 0.5) is 0 Å². The predicted molar refractivity (Wildman–Crippen MR) is 82.0 cm³/mol. The van der Waals surface area contributed by atoms with Crippen LogP contribution in [-0.4, -0.2) is 18.2 Å². The molecule has 2 rings (SSSR count). The molecule has 20 heavy (non-hydrogen) atoms. The highest BCUT2D eigenvalue weighted by atomic mass is 79.9. The van der Waals surface area contributed by atoms with E-state index in [1.807, 2.05) is 19.1 Å². The van der Waals surface area contributed by atoms with Crippen molar-refractivity contribution >= 4 is 27.6 Å². The fourth-order valence-electron chi connectivity index (χ4n) is 1.82. The Labute approximate surface area is 126 Å². The normalized spacial score (nSPS) is 10.1. The van der Waals surface area contributed by atoms with Crippen LogP contribution in [0.1, 0.15) is 26.3 Å². The number of Topliss-reactive ketones (excluding diaryl/α,β-unsaturated/α-hetero) is 1. The van der Waals surface area contributed by atoms with Crippen molar-refractivity contribution < 1.29 is 9.59 Å². The Morgan fingerprint density at radius 1 is 1.05 bits per heavy atom. The summed E-state index contributed by atoms with van der Waals surface area (Å²) in [5.74, 6) is -0.340. The van der Waals surface area contributed by atoms with Crippen LogP contribution < -0.4 is 5.32 Å². The number of hydrogen-bond acceptors (Lipinski definition) is 2. The average Bonchev–Trinajstić information content (AvgIpc) is 2.45. The van der Waals surface area contributed by atoms with E-state index in [1.165, 1.54) is 0 Å². The number of rotatable bonds is 4. The summed E-state index contributed by atoms with van der Waals surface area (Å²) in [5.41, 5.74) is 2.07. The second-order valence-corrected chi connectivity index (χ2v) is 5.34. The highest BCUT2D eigenvalue weighted by Gasteiger charge is 2.11. The lowest BCUT2D eigenvalue weighted by atomic mass is 10.1. The molecule has 0 heterocycles. The smallest absolute Gasteiger partial charge is 0.251 e. The van der Waals surface area contributed by atoms with E-state index in [4.69, 9.17) is 0 Å². The molecule has 0 unspecified atom stereocenters. The molecule has 0 aliphatic rings. The maximum atomic E-state index is 12.0. The maximum Gasteiger partial charge on any atom is 0.251 e. The van der Waals surface area contributed by atoms with Crippen LogP contribution in [0.25, 0.3) is 0 Å². The fraction of sp³-hybridized carbons (Fsp3) is 0.125. The number of carbonyl (C=O) groups excluding carboxylic acids is 2. The predicted octanol–water partition coefficient (Wildman–Crippen LogP) is 3.37. The van der Waals surface area contributed by atoms with Crippen molar-refractivity contribution in [1.29, 1.82) is 0 Å². The number of hydrogen-bond donors (Lipinski definition) is 1. The molecule has 102 valence electrons. The quantitative estimate of drug-likeness (QED) is 0.873. The monoisotopic (exact) mass is 331 g/mol. The first-order valence-corrected chi connectivity index (χ1v) is 7.00. The molecule has 0 aromatic heterocycles. The van der Waals surface area contributed by atoms with Crippen molar-refractivity contribution in [3.63, 3.8) is 0 Å². The summed E-state index contributed by atoms with van der Waals surface area (Å²) in [5, 5.41) is 2.65. The van der Waals surface area contributed by atoms with Gasteiger partial charge in [-0.3, -0.25) is 9.59 Å². The standard InChI is InChI=1S/C16H14BrNO2/c1-11-4-2-3-5-14(11)16(20)18-10-15(19)12-6-8-13(17)9-7-12/h2-9H,10H2,1H3,(H,18,20). The van der Waals surface area contributed by atoms with E-state index in [2.05, 4.69) is 21.2 Å². The summed E-state index contributed by atoms with van der Waals surface area (Å²) in [6.07, 6.45) is 0. The minimum absolute atomic E-state index is 0.00516. The molecular formula is C16H14BrNO2. The van der Waals surface area contributed by atoms with E-state index in [0.717, 1.165) is 10.0 Å². The summed E-state index contributed by atoms with van der Waals surface area (Å²) < 4.78 is 0.915. The molecular weight excluding hydrogens is 318 g/mol. The van der Waals surface area contributed by atoms with Gasteiger partial charge in [0.15, 0.2) is 5.78 Å². The summed E-state index contributed by atoms with van der Waals surface area (Å²) >= 11 is 3.31. The number of halogens is 1. The van der Waals surface area contributed by atoms with Gasteiger partial charge in [-0.2, -0.15) is 0 Å². The van der Waals surface area contributed by atoms with Crippen molar-refractivity contribution in [1.82, 2.24) is 5.32 Å². The van der Waals surface area contributed by atoms with Gasteiger partial charge in [0.1, 0.15) is 0 Å². The van der Waals surface area contributed by atoms with Gasteiger partial charge in [-0.15, -0.1) is 0 Å². The Kier molecular flexibility index (Phi) is 4.69. The SMILES string of the molecule is Cc1ccccc1C(=O)NCC(=O)c1ccc(Br)cc1. The average molecular weight is 332 g/mol. The van der Waals surface area contributed by atoms with Gasteiger partial charge in [0.05, 0.1) is 6.54 Å². The molecule has 0 bridgehead atoms. The molecule has 1 amide bonds. The molecule has 0 radical (unpaired) electrons. The first-order valence-electron chi connectivity index (χ1n) is 6.20.